The van der Waals surface area contributed by atoms with Crippen LogP contribution < -0.4 is 10.6 Å². The summed E-state index contributed by atoms with van der Waals surface area (Å²) in [7, 11) is 0. The molecule has 0 aromatic carbocycles. The van der Waals surface area contributed by atoms with E-state index < -0.39 is 28.5 Å². The Morgan fingerprint density at radius 2 is 2.29 bits per heavy atom. The summed E-state index contributed by atoms with van der Waals surface area (Å²) >= 11 is 0. The summed E-state index contributed by atoms with van der Waals surface area (Å²) in [5, 5.41) is 20.0. The maximum Gasteiger partial charge on any atom is 0.337 e. The highest BCUT2D eigenvalue weighted by molar-refractivity contribution is 5.89. The van der Waals surface area contributed by atoms with Gasteiger partial charge in [-0.05, 0) is 0 Å². The predicted molar refractivity (Wildman–Crippen MR) is 69.0 cm³/mol. The van der Waals surface area contributed by atoms with E-state index in [0.717, 1.165) is 12.3 Å². The molecule has 1 fully saturated rings. The van der Waals surface area contributed by atoms with Crippen LogP contribution in [0.3, 0.4) is 0 Å². The van der Waals surface area contributed by atoms with E-state index in [4.69, 9.17) is 15.6 Å². The number of primary amides is 1. The maximum absolute atomic E-state index is 11.4. The number of hydrogen-bond donors (Lipinski definition) is 2. The second-order valence-corrected chi connectivity index (χ2v) is 4.32. The molecule has 1 saturated heterocycles. The lowest BCUT2D eigenvalue weighted by molar-refractivity contribution is -0.384. The van der Waals surface area contributed by atoms with Gasteiger partial charge in [0, 0.05) is 18.8 Å². The van der Waals surface area contributed by atoms with E-state index in [1.165, 1.54) is 4.90 Å². The number of aromatic nitrogens is 1. The molecule has 1 aromatic heterocycles. The molecule has 2 heterocycles. The molecule has 1 aliphatic rings. The number of carboxylic acids is 1. The van der Waals surface area contributed by atoms with Gasteiger partial charge >= 0.3 is 11.7 Å². The third kappa shape index (κ3) is 2.89. The summed E-state index contributed by atoms with van der Waals surface area (Å²) in [6.45, 7) is 0.437. The number of amides is 1. The number of nitrogens with zero attached hydrogens (tertiary/aromatic N) is 3. The summed E-state index contributed by atoms with van der Waals surface area (Å²) in [5.41, 5.74) is 4.44. The van der Waals surface area contributed by atoms with Crippen LogP contribution in [0.4, 0.5) is 11.5 Å². The Labute approximate surface area is 118 Å². The quantitative estimate of drug-likeness (QED) is 0.551. The van der Waals surface area contributed by atoms with Gasteiger partial charge in [-0.1, -0.05) is 0 Å². The minimum absolute atomic E-state index is 0.00511. The van der Waals surface area contributed by atoms with Crippen molar-refractivity contribution in [2.45, 2.75) is 6.04 Å². The maximum atomic E-state index is 11.4. The highest BCUT2D eigenvalue weighted by Crippen LogP contribution is 2.29. The fourth-order valence-electron chi connectivity index (χ4n) is 2.01. The van der Waals surface area contributed by atoms with Crippen LogP contribution in [0.15, 0.2) is 12.3 Å². The fourth-order valence-corrected chi connectivity index (χ4v) is 2.01. The second kappa shape index (κ2) is 5.71. The molecule has 1 aliphatic heterocycles. The third-order valence-electron chi connectivity index (χ3n) is 3.02. The molecule has 1 atom stereocenters. The van der Waals surface area contributed by atoms with E-state index >= 15 is 0 Å². The lowest BCUT2D eigenvalue weighted by atomic mass is 10.2. The van der Waals surface area contributed by atoms with Crippen molar-refractivity contribution in [3.05, 3.63) is 27.9 Å². The van der Waals surface area contributed by atoms with E-state index in [0.29, 0.717) is 0 Å². The number of hydrogen-bond acceptors (Lipinski definition) is 7. The van der Waals surface area contributed by atoms with E-state index in [9.17, 15) is 19.7 Å². The molecule has 0 bridgehead atoms. The number of nitro groups is 1. The lowest BCUT2D eigenvalue weighted by Gasteiger charge is -2.33. The molecule has 3 N–H and O–H groups in total. The van der Waals surface area contributed by atoms with Gasteiger partial charge in [0.2, 0.25) is 11.7 Å². The van der Waals surface area contributed by atoms with Crippen molar-refractivity contribution in [1.29, 1.82) is 0 Å². The van der Waals surface area contributed by atoms with Crippen LogP contribution in [-0.4, -0.2) is 52.7 Å². The van der Waals surface area contributed by atoms with Gasteiger partial charge in [0.15, 0.2) is 0 Å². The van der Waals surface area contributed by atoms with Crippen LogP contribution in [0.5, 0.6) is 0 Å². The Hall–Kier alpha value is -2.75. The summed E-state index contributed by atoms with van der Waals surface area (Å²) < 4.78 is 5.12. The predicted octanol–water partition coefficient (Wildman–Crippen LogP) is -0.621. The van der Waals surface area contributed by atoms with Crippen LogP contribution in [0.2, 0.25) is 0 Å². The average Bonchev–Trinajstić information content (AvgIpc) is 2.46. The van der Waals surface area contributed by atoms with Gasteiger partial charge in [-0.25, -0.2) is 9.78 Å². The number of ether oxygens (including phenoxy) is 1. The molecule has 2 rings (SSSR count). The number of morpholine rings is 1. The van der Waals surface area contributed by atoms with Gasteiger partial charge in [0.05, 0.1) is 23.7 Å². The smallest absolute Gasteiger partial charge is 0.337 e. The van der Waals surface area contributed by atoms with Crippen LogP contribution in [-0.2, 0) is 9.53 Å². The van der Waals surface area contributed by atoms with Crippen molar-refractivity contribution in [3.8, 4) is 0 Å². The largest absolute Gasteiger partial charge is 0.478 e. The number of aromatic carboxylic acids is 1. The number of carboxylic acid groups (broad SMARTS) is 1. The van der Waals surface area contributed by atoms with Gasteiger partial charge in [-0.3, -0.25) is 14.9 Å². The molecule has 21 heavy (non-hydrogen) atoms. The topological polar surface area (TPSA) is 149 Å². The normalized spacial score (nSPS) is 18.3. The van der Waals surface area contributed by atoms with Crippen molar-refractivity contribution in [1.82, 2.24) is 4.98 Å². The average molecular weight is 296 g/mol. The summed E-state index contributed by atoms with van der Waals surface area (Å²) in [6, 6.07) is 0.0127. The molecule has 0 radical (unpaired) electrons. The number of carbonyl (C=O) groups is 2. The molecule has 10 nitrogen and oxygen atoms in total. The number of rotatable bonds is 4. The van der Waals surface area contributed by atoms with Gasteiger partial charge < -0.3 is 20.5 Å². The first kappa shape index (κ1) is 14.7. The molecule has 112 valence electrons. The zero-order chi connectivity index (χ0) is 15.6. The summed E-state index contributed by atoms with van der Waals surface area (Å²) in [5.74, 6) is -2.13. The second-order valence-electron chi connectivity index (χ2n) is 4.32. The highest BCUT2D eigenvalue weighted by atomic mass is 16.6. The molecule has 1 aromatic rings. The minimum Gasteiger partial charge on any atom is -0.478 e. The van der Waals surface area contributed by atoms with E-state index in [1.807, 2.05) is 0 Å². The van der Waals surface area contributed by atoms with Crippen molar-refractivity contribution < 1.29 is 24.4 Å². The Morgan fingerprint density at radius 3 is 2.86 bits per heavy atom. The van der Waals surface area contributed by atoms with E-state index in [2.05, 4.69) is 4.98 Å². The van der Waals surface area contributed by atoms with Crippen molar-refractivity contribution in [2.75, 3.05) is 24.7 Å². The van der Waals surface area contributed by atoms with E-state index in [-0.39, 0.29) is 31.1 Å². The molecule has 0 aliphatic carbocycles. The fraction of sp³-hybridized carbons (Fsp3) is 0.364. The van der Waals surface area contributed by atoms with Gasteiger partial charge in [0.25, 0.3) is 0 Å². The van der Waals surface area contributed by atoms with Crippen LogP contribution >= 0.6 is 0 Å². The third-order valence-corrected chi connectivity index (χ3v) is 3.02. The lowest BCUT2D eigenvalue weighted by Crippen LogP contribution is -2.53. The molecule has 1 amide bonds. The van der Waals surface area contributed by atoms with Crippen LogP contribution in [0.25, 0.3) is 0 Å². The number of nitrogens with two attached hydrogens (primary N) is 1. The Balaban J connectivity index is 2.48. The Kier molecular flexibility index (Phi) is 3.98. The standard InChI is InChI=1S/C11H12N4O6/c12-9(16)8-5-21-2-1-14(8)10-7(15(19)20)3-6(4-13-10)11(17)18/h3-4,8H,1-2,5H2,(H2,12,16)(H,17,18). The minimum atomic E-state index is -1.33. The zero-order valence-corrected chi connectivity index (χ0v) is 10.8. The van der Waals surface area contributed by atoms with Crippen molar-refractivity contribution in [3.63, 3.8) is 0 Å². The summed E-state index contributed by atoms with van der Waals surface area (Å²) in [6.07, 6.45) is 0.998. The Morgan fingerprint density at radius 1 is 1.57 bits per heavy atom. The first-order chi connectivity index (χ1) is 9.91. The van der Waals surface area contributed by atoms with Gasteiger partial charge in [0.1, 0.15) is 6.04 Å². The summed E-state index contributed by atoms with van der Waals surface area (Å²) in [4.78, 5) is 37.8. The number of anilines is 1. The molecule has 10 heteroatoms. The first-order valence-corrected chi connectivity index (χ1v) is 5.93. The van der Waals surface area contributed by atoms with Crippen LogP contribution in [0, 0.1) is 10.1 Å². The first-order valence-electron chi connectivity index (χ1n) is 5.93. The van der Waals surface area contributed by atoms with Gasteiger partial charge in [-0.2, -0.15) is 0 Å². The van der Waals surface area contributed by atoms with Crippen molar-refractivity contribution in [2.24, 2.45) is 5.73 Å². The molecular weight excluding hydrogens is 284 g/mol. The highest BCUT2D eigenvalue weighted by Gasteiger charge is 2.33. The van der Waals surface area contributed by atoms with Gasteiger partial charge in [-0.15, -0.1) is 0 Å². The molecule has 0 saturated carbocycles. The SMILES string of the molecule is NC(=O)C1COCCN1c1ncc(C(=O)O)cc1[N+](=O)[O-]. The molecule has 0 spiro atoms. The Bertz CT molecular complexity index is 604. The molecule has 1 unspecified atom stereocenters. The zero-order valence-electron chi connectivity index (χ0n) is 10.8. The number of carbonyl (C=O) groups excluding carboxylic acids is 1. The van der Waals surface area contributed by atoms with Crippen LogP contribution in [0.1, 0.15) is 10.4 Å². The van der Waals surface area contributed by atoms with Crippen molar-refractivity contribution >= 4 is 23.4 Å². The number of pyridine rings is 1. The van der Waals surface area contributed by atoms with E-state index in [1.54, 1.807) is 0 Å². The monoisotopic (exact) mass is 296 g/mol. The molecular formula is C11H12N4O6.